The minimum Gasteiger partial charge on any atom is -0.340 e. The summed E-state index contributed by atoms with van der Waals surface area (Å²) in [5.41, 5.74) is 1.34. The van der Waals surface area contributed by atoms with Crippen molar-refractivity contribution < 1.29 is 0 Å². The summed E-state index contributed by atoms with van der Waals surface area (Å²) < 4.78 is 0. The Balaban J connectivity index is 1.77. The molecule has 0 aromatic carbocycles. The number of nitrogens with zero attached hydrogens (tertiary/aromatic N) is 3. The second kappa shape index (κ2) is 3.27. The SMILES string of the molecule is CCc1cnc(N2CC3CC3(C=N)C2)nc1. The first-order valence-corrected chi connectivity index (χ1v) is 5.85. The van der Waals surface area contributed by atoms with Gasteiger partial charge in [-0.25, -0.2) is 9.97 Å². The van der Waals surface area contributed by atoms with Crippen molar-refractivity contribution in [3.05, 3.63) is 18.0 Å². The minimum absolute atomic E-state index is 0.160. The lowest BCUT2D eigenvalue weighted by atomic mass is 10.1. The topological polar surface area (TPSA) is 52.9 Å². The van der Waals surface area contributed by atoms with E-state index in [2.05, 4.69) is 21.8 Å². The van der Waals surface area contributed by atoms with E-state index in [1.807, 2.05) is 12.4 Å². The molecule has 1 saturated carbocycles. The monoisotopic (exact) mass is 216 g/mol. The summed E-state index contributed by atoms with van der Waals surface area (Å²) in [5.74, 6) is 1.49. The fraction of sp³-hybridized carbons (Fsp3) is 0.583. The number of fused-ring (bicyclic) bond motifs is 1. The van der Waals surface area contributed by atoms with Crippen molar-refractivity contribution in [2.45, 2.75) is 19.8 Å². The number of aryl methyl sites for hydroxylation is 1. The van der Waals surface area contributed by atoms with E-state index in [0.29, 0.717) is 5.92 Å². The molecule has 0 bridgehead atoms. The summed E-state index contributed by atoms with van der Waals surface area (Å²) in [6.07, 6.45) is 7.60. The smallest absolute Gasteiger partial charge is 0.225 e. The highest BCUT2D eigenvalue weighted by Gasteiger charge is 2.59. The third-order valence-corrected chi connectivity index (χ3v) is 3.88. The van der Waals surface area contributed by atoms with E-state index in [-0.39, 0.29) is 5.41 Å². The standard InChI is InChI=1S/C12H16N4/c1-2-9-4-14-11(15-5-9)16-6-10-3-12(10,7-13)8-16/h4-5,7,10,13H,2-3,6,8H2,1H3. The van der Waals surface area contributed by atoms with Crippen molar-refractivity contribution in [2.24, 2.45) is 11.3 Å². The predicted octanol–water partition coefficient (Wildman–Crippen LogP) is 1.51. The van der Waals surface area contributed by atoms with Gasteiger partial charge >= 0.3 is 0 Å². The van der Waals surface area contributed by atoms with Crippen LogP contribution in [0.5, 0.6) is 0 Å². The number of hydrogen-bond acceptors (Lipinski definition) is 4. The van der Waals surface area contributed by atoms with Crippen LogP contribution in [0.15, 0.2) is 12.4 Å². The molecule has 2 heterocycles. The average molecular weight is 216 g/mol. The van der Waals surface area contributed by atoms with Crippen molar-refractivity contribution >= 4 is 12.2 Å². The minimum atomic E-state index is 0.160. The third kappa shape index (κ3) is 1.32. The van der Waals surface area contributed by atoms with Crippen LogP contribution in [0.3, 0.4) is 0 Å². The Morgan fingerprint density at radius 1 is 1.56 bits per heavy atom. The van der Waals surface area contributed by atoms with E-state index in [4.69, 9.17) is 5.41 Å². The van der Waals surface area contributed by atoms with Crippen molar-refractivity contribution in [3.63, 3.8) is 0 Å². The third-order valence-electron chi connectivity index (χ3n) is 3.88. The number of nitrogens with one attached hydrogen (secondary N) is 1. The summed E-state index contributed by atoms with van der Waals surface area (Å²) in [5, 5.41) is 7.46. The molecule has 0 amide bonds. The van der Waals surface area contributed by atoms with Gasteiger partial charge in [-0.2, -0.15) is 0 Å². The Bertz CT molecular complexity index is 414. The molecule has 84 valence electrons. The first-order chi connectivity index (χ1) is 7.77. The van der Waals surface area contributed by atoms with E-state index in [1.54, 1.807) is 6.21 Å². The molecule has 16 heavy (non-hydrogen) atoms. The lowest BCUT2D eigenvalue weighted by molar-refractivity contribution is 0.726. The molecule has 2 atom stereocenters. The van der Waals surface area contributed by atoms with Gasteiger partial charge in [0.25, 0.3) is 0 Å². The highest BCUT2D eigenvalue weighted by atomic mass is 15.3. The molecule has 0 spiro atoms. The molecular weight excluding hydrogens is 200 g/mol. The van der Waals surface area contributed by atoms with Crippen LogP contribution in [0.4, 0.5) is 5.95 Å². The molecule has 4 nitrogen and oxygen atoms in total. The van der Waals surface area contributed by atoms with Gasteiger partial charge in [-0.05, 0) is 24.3 Å². The van der Waals surface area contributed by atoms with Crippen LogP contribution >= 0.6 is 0 Å². The van der Waals surface area contributed by atoms with Gasteiger partial charge in [0.15, 0.2) is 0 Å². The second-order valence-electron chi connectivity index (χ2n) is 4.90. The molecule has 1 aliphatic carbocycles. The van der Waals surface area contributed by atoms with E-state index in [0.717, 1.165) is 25.5 Å². The Hall–Kier alpha value is -1.45. The predicted molar refractivity (Wildman–Crippen MR) is 62.9 cm³/mol. The quantitative estimate of drug-likeness (QED) is 0.779. The molecule has 2 fully saturated rings. The zero-order valence-electron chi connectivity index (χ0n) is 9.48. The summed E-state index contributed by atoms with van der Waals surface area (Å²) in [6, 6.07) is 0. The lowest BCUT2D eigenvalue weighted by Gasteiger charge is -2.19. The summed E-state index contributed by atoms with van der Waals surface area (Å²) in [6.45, 7) is 4.04. The maximum Gasteiger partial charge on any atom is 0.225 e. The molecule has 2 aliphatic rings. The van der Waals surface area contributed by atoms with Crippen LogP contribution in [0, 0.1) is 16.7 Å². The van der Waals surface area contributed by atoms with Gasteiger partial charge < -0.3 is 10.3 Å². The molecule has 1 aliphatic heterocycles. The first-order valence-electron chi connectivity index (χ1n) is 5.85. The molecule has 0 radical (unpaired) electrons. The number of aromatic nitrogens is 2. The molecule has 1 N–H and O–H groups in total. The molecule has 1 saturated heterocycles. The van der Waals surface area contributed by atoms with Gasteiger partial charge in [0.1, 0.15) is 0 Å². The largest absolute Gasteiger partial charge is 0.340 e. The van der Waals surface area contributed by atoms with Gasteiger partial charge in [0.2, 0.25) is 5.95 Å². The Kier molecular flexibility index (Phi) is 1.99. The maximum absolute atomic E-state index is 7.46. The van der Waals surface area contributed by atoms with Crippen molar-refractivity contribution in [1.82, 2.24) is 9.97 Å². The van der Waals surface area contributed by atoms with Crippen LogP contribution in [0.1, 0.15) is 18.9 Å². The normalized spacial score (nSPS) is 31.3. The molecule has 3 rings (SSSR count). The molecule has 1 aromatic rings. The van der Waals surface area contributed by atoms with E-state index < -0.39 is 0 Å². The van der Waals surface area contributed by atoms with Crippen LogP contribution in [-0.4, -0.2) is 29.3 Å². The number of anilines is 1. The van der Waals surface area contributed by atoms with Gasteiger partial charge in [-0.1, -0.05) is 6.92 Å². The molecule has 2 unspecified atom stereocenters. The fourth-order valence-corrected chi connectivity index (χ4v) is 2.59. The van der Waals surface area contributed by atoms with Crippen LogP contribution in [0.25, 0.3) is 0 Å². The lowest BCUT2D eigenvalue weighted by Crippen LogP contribution is -2.26. The summed E-state index contributed by atoms with van der Waals surface area (Å²) in [4.78, 5) is 11.0. The highest BCUT2D eigenvalue weighted by molar-refractivity contribution is 5.71. The van der Waals surface area contributed by atoms with Crippen molar-refractivity contribution in [3.8, 4) is 0 Å². The van der Waals surface area contributed by atoms with E-state index >= 15 is 0 Å². The number of piperidine rings is 1. The number of rotatable bonds is 3. The maximum atomic E-state index is 7.46. The Morgan fingerprint density at radius 2 is 2.31 bits per heavy atom. The number of hydrogen-bond donors (Lipinski definition) is 1. The fourth-order valence-electron chi connectivity index (χ4n) is 2.59. The van der Waals surface area contributed by atoms with Gasteiger partial charge in [0, 0.05) is 37.1 Å². The Morgan fingerprint density at radius 3 is 2.88 bits per heavy atom. The summed E-state index contributed by atoms with van der Waals surface area (Å²) >= 11 is 0. The van der Waals surface area contributed by atoms with Crippen LogP contribution in [-0.2, 0) is 6.42 Å². The zero-order valence-corrected chi connectivity index (χ0v) is 9.48. The van der Waals surface area contributed by atoms with Gasteiger partial charge in [-0.3, -0.25) is 0 Å². The van der Waals surface area contributed by atoms with Crippen molar-refractivity contribution in [2.75, 3.05) is 18.0 Å². The average Bonchev–Trinajstić information content (AvgIpc) is 2.92. The van der Waals surface area contributed by atoms with Crippen LogP contribution in [0.2, 0.25) is 0 Å². The second-order valence-corrected chi connectivity index (χ2v) is 4.90. The molecule has 1 aromatic heterocycles. The molecule has 4 heteroatoms. The van der Waals surface area contributed by atoms with Crippen LogP contribution < -0.4 is 4.90 Å². The van der Waals surface area contributed by atoms with E-state index in [1.165, 1.54) is 12.0 Å². The molecular formula is C12H16N4. The van der Waals surface area contributed by atoms with Gasteiger partial charge in [0.05, 0.1) is 0 Å². The highest BCUT2D eigenvalue weighted by Crippen LogP contribution is 2.56. The summed E-state index contributed by atoms with van der Waals surface area (Å²) in [7, 11) is 0. The van der Waals surface area contributed by atoms with Gasteiger partial charge in [-0.15, -0.1) is 0 Å². The first kappa shape index (κ1) is 9.75. The van der Waals surface area contributed by atoms with E-state index in [9.17, 15) is 0 Å². The zero-order chi connectivity index (χ0) is 11.2. The Labute approximate surface area is 95.2 Å². The van der Waals surface area contributed by atoms with Crippen molar-refractivity contribution in [1.29, 1.82) is 5.41 Å².